The lowest BCUT2D eigenvalue weighted by Crippen LogP contribution is -2.27. The molecule has 0 aliphatic heterocycles. The van der Waals surface area contributed by atoms with Crippen LogP contribution in [-0.4, -0.2) is 43.4 Å². The maximum absolute atomic E-state index is 12.4. The van der Waals surface area contributed by atoms with E-state index in [9.17, 15) is 4.79 Å². The average Bonchev–Trinajstić information content (AvgIpc) is 3.03. The topological polar surface area (TPSA) is 63.9 Å². The molecule has 8 heteroatoms. The van der Waals surface area contributed by atoms with E-state index in [-0.39, 0.29) is 5.91 Å². The van der Waals surface area contributed by atoms with Crippen molar-refractivity contribution in [3.05, 3.63) is 58.8 Å². The Morgan fingerprint density at radius 3 is 2.69 bits per heavy atom. The molecule has 0 atom stereocenters. The van der Waals surface area contributed by atoms with Crippen molar-refractivity contribution in [2.75, 3.05) is 12.8 Å². The van der Waals surface area contributed by atoms with Crippen molar-refractivity contribution < 1.29 is 4.79 Å². The number of carbonyl (C=O) groups excluding carboxylic acids is 1. The zero-order chi connectivity index (χ0) is 18.5. The molecule has 2 heterocycles. The van der Waals surface area contributed by atoms with Gasteiger partial charge in [0.05, 0.1) is 5.75 Å². The summed E-state index contributed by atoms with van der Waals surface area (Å²) in [7, 11) is 3.70. The van der Waals surface area contributed by atoms with Crippen LogP contribution >= 0.6 is 27.7 Å². The van der Waals surface area contributed by atoms with Crippen molar-refractivity contribution in [3.8, 4) is 11.4 Å². The summed E-state index contributed by atoms with van der Waals surface area (Å²) in [5.74, 6) is 1.09. The summed E-state index contributed by atoms with van der Waals surface area (Å²) in [6.45, 7) is 0.576. The van der Waals surface area contributed by atoms with Crippen molar-refractivity contribution in [1.29, 1.82) is 0 Å². The van der Waals surface area contributed by atoms with Crippen LogP contribution in [0.15, 0.2) is 58.4 Å². The fraction of sp³-hybridized carbons (Fsp3) is 0.222. The molecular formula is C18H18BrN5OS. The highest BCUT2D eigenvalue weighted by Gasteiger charge is 2.15. The van der Waals surface area contributed by atoms with Gasteiger partial charge in [-0.2, -0.15) is 0 Å². The molecule has 0 unspecified atom stereocenters. The molecular weight excluding hydrogens is 414 g/mol. The van der Waals surface area contributed by atoms with Crippen LogP contribution in [-0.2, 0) is 18.4 Å². The molecule has 1 aromatic carbocycles. The molecule has 0 bridgehead atoms. The molecule has 0 N–H and O–H groups in total. The van der Waals surface area contributed by atoms with Gasteiger partial charge in [0, 0.05) is 43.1 Å². The summed E-state index contributed by atoms with van der Waals surface area (Å²) in [5.41, 5.74) is 1.99. The molecule has 0 radical (unpaired) electrons. The van der Waals surface area contributed by atoms with E-state index < -0.39 is 0 Å². The molecule has 2 aromatic heterocycles. The Morgan fingerprint density at radius 1 is 1.23 bits per heavy atom. The van der Waals surface area contributed by atoms with E-state index in [1.54, 1.807) is 17.3 Å². The smallest absolute Gasteiger partial charge is 0.233 e. The van der Waals surface area contributed by atoms with Crippen molar-refractivity contribution >= 4 is 33.6 Å². The van der Waals surface area contributed by atoms with Gasteiger partial charge in [-0.1, -0.05) is 39.8 Å². The van der Waals surface area contributed by atoms with Gasteiger partial charge < -0.3 is 9.47 Å². The molecule has 0 saturated carbocycles. The summed E-state index contributed by atoms with van der Waals surface area (Å²) in [6, 6.07) is 11.7. The summed E-state index contributed by atoms with van der Waals surface area (Å²) in [4.78, 5) is 18.2. The first-order chi connectivity index (χ1) is 12.5. The fourth-order valence-electron chi connectivity index (χ4n) is 2.38. The van der Waals surface area contributed by atoms with Gasteiger partial charge in [-0.15, -0.1) is 10.2 Å². The molecule has 0 aliphatic rings. The highest BCUT2D eigenvalue weighted by molar-refractivity contribution is 9.10. The predicted octanol–water partition coefficient (Wildman–Crippen LogP) is 3.39. The number of thioether (sulfide) groups is 1. The van der Waals surface area contributed by atoms with Crippen LogP contribution in [0.2, 0.25) is 0 Å². The van der Waals surface area contributed by atoms with Crippen molar-refractivity contribution in [1.82, 2.24) is 24.6 Å². The first-order valence-electron chi connectivity index (χ1n) is 7.95. The van der Waals surface area contributed by atoms with E-state index in [0.29, 0.717) is 17.5 Å². The van der Waals surface area contributed by atoms with Crippen molar-refractivity contribution in [2.24, 2.45) is 7.05 Å². The minimum Gasteiger partial charge on any atom is -0.341 e. The molecule has 0 spiro atoms. The minimum atomic E-state index is 0.0452. The quantitative estimate of drug-likeness (QED) is 0.559. The number of pyridine rings is 1. The van der Waals surface area contributed by atoms with Crippen LogP contribution < -0.4 is 0 Å². The van der Waals surface area contributed by atoms with Gasteiger partial charge in [0.1, 0.15) is 0 Å². The Bertz CT molecular complexity index is 882. The van der Waals surface area contributed by atoms with Gasteiger partial charge in [0.25, 0.3) is 0 Å². The number of hydrogen-bond acceptors (Lipinski definition) is 5. The molecule has 0 fully saturated rings. The Hall–Kier alpha value is -2.19. The number of amides is 1. The molecule has 26 heavy (non-hydrogen) atoms. The number of hydrogen-bond donors (Lipinski definition) is 0. The van der Waals surface area contributed by atoms with E-state index in [2.05, 4.69) is 31.1 Å². The molecule has 0 aliphatic carbocycles. The Balaban J connectivity index is 1.59. The van der Waals surface area contributed by atoms with Gasteiger partial charge in [-0.25, -0.2) is 0 Å². The van der Waals surface area contributed by atoms with Gasteiger partial charge in [0.2, 0.25) is 5.91 Å². The van der Waals surface area contributed by atoms with Gasteiger partial charge in [-0.05, 0) is 29.8 Å². The first kappa shape index (κ1) is 18.6. The third kappa shape index (κ3) is 4.50. The zero-order valence-corrected chi connectivity index (χ0v) is 16.9. The molecule has 6 nitrogen and oxygen atoms in total. The monoisotopic (exact) mass is 431 g/mol. The second-order valence-corrected chi connectivity index (χ2v) is 7.63. The molecule has 1 amide bonds. The van der Waals surface area contributed by atoms with Gasteiger partial charge in [-0.3, -0.25) is 9.78 Å². The largest absolute Gasteiger partial charge is 0.341 e. The van der Waals surface area contributed by atoms with Gasteiger partial charge >= 0.3 is 0 Å². The van der Waals surface area contributed by atoms with E-state index in [0.717, 1.165) is 21.4 Å². The number of rotatable bonds is 6. The fourth-order valence-corrected chi connectivity index (χ4v) is 3.49. The zero-order valence-electron chi connectivity index (χ0n) is 14.5. The normalized spacial score (nSPS) is 10.7. The van der Waals surface area contributed by atoms with Gasteiger partial charge in [0.15, 0.2) is 11.0 Å². The maximum atomic E-state index is 12.4. The summed E-state index contributed by atoms with van der Waals surface area (Å²) < 4.78 is 2.90. The minimum absolute atomic E-state index is 0.0452. The van der Waals surface area contributed by atoms with E-state index in [4.69, 9.17) is 0 Å². The summed E-state index contributed by atoms with van der Waals surface area (Å²) in [6.07, 6.45) is 3.46. The Kier molecular flexibility index (Phi) is 6.05. The van der Waals surface area contributed by atoms with E-state index in [1.807, 2.05) is 55.1 Å². The molecule has 134 valence electrons. The highest BCUT2D eigenvalue weighted by Crippen LogP contribution is 2.22. The lowest BCUT2D eigenvalue weighted by atomic mass is 10.2. The van der Waals surface area contributed by atoms with Crippen LogP contribution in [0.3, 0.4) is 0 Å². The first-order valence-corrected chi connectivity index (χ1v) is 9.73. The number of benzene rings is 1. The second kappa shape index (κ2) is 8.46. The third-order valence-electron chi connectivity index (χ3n) is 3.84. The SMILES string of the molecule is CN(Cc1ccc(Br)cc1)C(=O)CSc1nnc(-c2cccnc2)n1C. The average molecular weight is 432 g/mol. The lowest BCUT2D eigenvalue weighted by molar-refractivity contribution is -0.127. The van der Waals surface area contributed by atoms with Crippen LogP contribution in [0.1, 0.15) is 5.56 Å². The standard InChI is InChI=1S/C18H18BrN5OS/c1-23(11-13-5-7-15(19)8-6-13)16(25)12-26-18-22-21-17(24(18)2)14-4-3-9-20-10-14/h3-10H,11-12H2,1-2H3. The van der Waals surface area contributed by atoms with E-state index in [1.165, 1.54) is 11.8 Å². The Morgan fingerprint density at radius 2 is 2.00 bits per heavy atom. The number of aromatic nitrogens is 4. The Labute approximate surface area is 164 Å². The summed E-state index contributed by atoms with van der Waals surface area (Å²) >= 11 is 4.80. The summed E-state index contributed by atoms with van der Waals surface area (Å²) in [5, 5.41) is 9.10. The third-order valence-corrected chi connectivity index (χ3v) is 5.37. The molecule has 3 rings (SSSR count). The molecule has 0 saturated heterocycles. The van der Waals surface area contributed by atoms with Crippen LogP contribution in [0.4, 0.5) is 0 Å². The maximum Gasteiger partial charge on any atom is 0.233 e. The van der Waals surface area contributed by atoms with Crippen molar-refractivity contribution in [3.63, 3.8) is 0 Å². The lowest BCUT2D eigenvalue weighted by Gasteiger charge is -2.17. The highest BCUT2D eigenvalue weighted by atomic mass is 79.9. The predicted molar refractivity (Wildman–Crippen MR) is 106 cm³/mol. The van der Waals surface area contributed by atoms with Crippen LogP contribution in [0.5, 0.6) is 0 Å². The number of halogens is 1. The van der Waals surface area contributed by atoms with Crippen LogP contribution in [0.25, 0.3) is 11.4 Å². The molecule has 3 aromatic rings. The van der Waals surface area contributed by atoms with E-state index >= 15 is 0 Å². The van der Waals surface area contributed by atoms with Crippen LogP contribution in [0, 0.1) is 0 Å². The number of nitrogens with zero attached hydrogens (tertiary/aromatic N) is 5. The second-order valence-electron chi connectivity index (χ2n) is 5.77. The van der Waals surface area contributed by atoms with Crippen molar-refractivity contribution in [2.45, 2.75) is 11.7 Å². The number of carbonyl (C=O) groups is 1.